The number of carbonyl (C=O) groups excluding carboxylic acids is 1. The minimum atomic E-state index is 0.0159. The monoisotopic (exact) mass is 294 g/mol. The summed E-state index contributed by atoms with van der Waals surface area (Å²) in [7, 11) is 0. The topological polar surface area (TPSA) is 44.9 Å². The van der Waals surface area contributed by atoms with Gasteiger partial charge in [-0.3, -0.25) is 4.79 Å². The summed E-state index contributed by atoms with van der Waals surface area (Å²) < 4.78 is 1.08. The Morgan fingerprint density at radius 3 is 2.94 bits per heavy atom. The van der Waals surface area contributed by atoms with E-state index in [0.717, 1.165) is 16.4 Å². The van der Waals surface area contributed by atoms with Crippen LogP contribution in [0.5, 0.6) is 0 Å². The molecule has 1 heterocycles. The van der Waals surface area contributed by atoms with E-state index in [4.69, 9.17) is 0 Å². The highest BCUT2D eigenvalue weighted by atomic mass is 79.9. The van der Waals surface area contributed by atoms with Crippen LogP contribution in [0.2, 0.25) is 0 Å². The highest BCUT2D eigenvalue weighted by Gasteiger charge is 2.07. The number of aromatic amines is 1. The molecule has 1 amide bonds. The van der Waals surface area contributed by atoms with Crippen molar-refractivity contribution < 1.29 is 4.79 Å². The summed E-state index contributed by atoms with van der Waals surface area (Å²) in [6.07, 6.45) is 2.85. The highest BCUT2D eigenvalue weighted by molar-refractivity contribution is 9.10. The number of H-pyrrole nitrogens is 1. The lowest BCUT2D eigenvalue weighted by molar-refractivity contribution is -0.118. The van der Waals surface area contributed by atoms with E-state index in [2.05, 4.69) is 45.3 Å². The van der Waals surface area contributed by atoms with E-state index in [1.165, 1.54) is 23.4 Å². The zero-order valence-corrected chi connectivity index (χ0v) is 11.5. The molecular weight excluding hydrogens is 280 g/mol. The van der Waals surface area contributed by atoms with Gasteiger partial charge in [-0.05, 0) is 52.5 Å². The molecule has 0 atom stereocenters. The minimum Gasteiger partial charge on any atom is -0.360 e. The first-order valence-electron chi connectivity index (χ1n) is 5.58. The van der Waals surface area contributed by atoms with Crippen molar-refractivity contribution >= 4 is 32.7 Å². The fourth-order valence-electron chi connectivity index (χ4n) is 1.96. The van der Waals surface area contributed by atoms with Crippen LogP contribution in [0.1, 0.15) is 18.1 Å². The van der Waals surface area contributed by atoms with Gasteiger partial charge in [0.1, 0.15) is 0 Å². The molecule has 90 valence electrons. The molecule has 3 nitrogen and oxygen atoms in total. The van der Waals surface area contributed by atoms with Crippen molar-refractivity contribution in [2.45, 2.75) is 20.3 Å². The number of rotatable bonds is 3. The summed E-state index contributed by atoms with van der Waals surface area (Å²) in [5.74, 6) is 0.0159. The second-order valence-corrected chi connectivity index (χ2v) is 5.07. The molecule has 0 saturated carbocycles. The van der Waals surface area contributed by atoms with Crippen molar-refractivity contribution in [1.29, 1.82) is 0 Å². The standard InChI is InChI=1S/C13H15BrN2O/c1-8-5-11-10(3-4-15-9(2)17)7-16-13(11)12(14)6-8/h5-7,16H,3-4H2,1-2H3,(H,15,17). The Labute approximate surface area is 109 Å². The molecule has 0 saturated heterocycles. The van der Waals surface area contributed by atoms with Crippen LogP contribution in [0.25, 0.3) is 10.9 Å². The number of fused-ring (bicyclic) bond motifs is 1. The fraction of sp³-hybridized carbons (Fsp3) is 0.308. The SMILES string of the molecule is CC(=O)NCCc1c[nH]c2c(Br)cc(C)cc12. The van der Waals surface area contributed by atoms with Gasteiger partial charge < -0.3 is 10.3 Å². The lowest BCUT2D eigenvalue weighted by Gasteiger charge is -2.02. The molecule has 2 N–H and O–H groups in total. The van der Waals surface area contributed by atoms with Crippen LogP contribution >= 0.6 is 15.9 Å². The average Bonchev–Trinajstić information content (AvgIpc) is 2.61. The largest absolute Gasteiger partial charge is 0.360 e. The normalized spacial score (nSPS) is 10.8. The van der Waals surface area contributed by atoms with Gasteiger partial charge in [-0.15, -0.1) is 0 Å². The molecule has 1 aromatic heterocycles. The van der Waals surface area contributed by atoms with E-state index in [-0.39, 0.29) is 5.91 Å². The van der Waals surface area contributed by atoms with Gasteiger partial charge in [-0.2, -0.15) is 0 Å². The molecule has 2 rings (SSSR count). The third kappa shape index (κ3) is 2.69. The van der Waals surface area contributed by atoms with Crippen LogP contribution in [0.3, 0.4) is 0 Å². The number of aromatic nitrogens is 1. The Morgan fingerprint density at radius 2 is 2.24 bits per heavy atom. The van der Waals surface area contributed by atoms with Crippen molar-refractivity contribution in [1.82, 2.24) is 10.3 Å². The quantitative estimate of drug-likeness (QED) is 0.898. The maximum atomic E-state index is 10.8. The molecule has 17 heavy (non-hydrogen) atoms. The molecule has 1 aromatic carbocycles. The Bertz CT molecular complexity index is 560. The second kappa shape index (κ2) is 4.92. The number of amides is 1. The van der Waals surface area contributed by atoms with Crippen molar-refractivity contribution in [3.63, 3.8) is 0 Å². The fourth-order valence-corrected chi connectivity index (χ4v) is 2.65. The van der Waals surface area contributed by atoms with E-state index < -0.39 is 0 Å². The van der Waals surface area contributed by atoms with Crippen LogP contribution < -0.4 is 5.32 Å². The van der Waals surface area contributed by atoms with Gasteiger partial charge in [0, 0.05) is 29.5 Å². The van der Waals surface area contributed by atoms with Crippen molar-refractivity contribution in [2.24, 2.45) is 0 Å². The van der Waals surface area contributed by atoms with Crippen LogP contribution in [-0.4, -0.2) is 17.4 Å². The van der Waals surface area contributed by atoms with Crippen LogP contribution in [0, 0.1) is 6.92 Å². The second-order valence-electron chi connectivity index (χ2n) is 4.22. The van der Waals surface area contributed by atoms with Gasteiger partial charge in [-0.1, -0.05) is 0 Å². The summed E-state index contributed by atoms with van der Waals surface area (Å²) in [6, 6.07) is 4.26. The average molecular weight is 295 g/mol. The van der Waals surface area contributed by atoms with Gasteiger partial charge in [0.25, 0.3) is 0 Å². The summed E-state index contributed by atoms with van der Waals surface area (Å²) in [4.78, 5) is 14.1. The molecule has 0 aliphatic heterocycles. The number of hydrogen-bond donors (Lipinski definition) is 2. The van der Waals surface area contributed by atoms with E-state index in [9.17, 15) is 4.79 Å². The summed E-state index contributed by atoms with van der Waals surface area (Å²) in [5.41, 5.74) is 3.58. The number of nitrogens with one attached hydrogen (secondary N) is 2. The van der Waals surface area contributed by atoms with Gasteiger partial charge in [0.15, 0.2) is 0 Å². The molecule has 0 radical (unpaired) electrons. The Hall–Kier alpha value is -1.29. The maximum absolute atomic E-state index is 10.8. The third-order valence-electron chi connectivity index (χ3n) is 2.74. The molecule has 0 spiro atoms. The van der Waals surface area contributed by atoms with E-state index in [1.807, 2.05) is 6.20 Å². The first-order valence-corrected chi connectivity index (χ1v) is 6.38. The van der Waals surface area contributed by atoms with Gasteiger partial charge in [0.05, 0.1) is 5.52 Å². The number of carbonyl (C=O) groups is 1. The molecule has 4 heteroatoms. The van der Waals surface area contributed by atoms with Crippen LogP contribution in [0.4, 0.5) is 0 Å². The number of benzene rings is 1. The predicted molar refractivity (Wildman–Crippen MR) is 73.1 cm³/mol. The lowest BCUT2D eigenvalue weighted by atomic mass is 10.1. The van der Waals surface area contributed by atoms with Crippen LogP contribution in [-0.2, 0) is 11.2 Å². The van der Waals surface area contributed by atoms with E-state index in [0.29, 0.717) is 6.54 Å². The first kappa shape index (κ1) is 12.2. The summed E-state index contributed by atoms with van der Waals surface area (Å²) >= 11 is 3.55. The van der Waals surface area contributed by atoms with E-state index in [1.54, 1.807) is 0 Å². The minimum absolute atomic E-state index is 0.0159. The number of halogens is 1. The van der Waals surface area contributed by atoms with Gasteiger partial charge in [0.2, 0.25) is 5.91 Å². The zero-order chi connectivity index (χ0) is 12.4. The Kier molecular flexibility index (Phi) is 3.52. The molecule has 0 aliphatic rings. The summed E-state index contributed by atoms with van der Waals surface area (Å²) in [6.45, 7) is 4.29. The van der Waals surface area contributed by atoms with Gasteiger partial charge in [-0.25, -0.2) is 0 Å². The number of hydrogen-bond acceptors (Lipinski definition) is 1. The molecule has 0 aliphatic carbocycles. The van der Waals surface area contributed by atoms with Crippen molar-refractivity contribution in [3.8, 4) is 0 Å². The van der Waals surface area contributed by atoms with Crippen LogP contribution in [0.15, 0.2) is 22.8 Å². The predicted octanol–water partition coefficient (Wildman–Crippen LogP) is 2.92. The van der Waals surface area contributed by atoms with E-state index >= 15 is 0 Å². The molecule has 0 fully saturated rings. The zero-order valence-electron chi connectivity index (χ0n) is 9.93. The summed E-state index contributed by atoms with van der Waals surface area (Å²) in [5, 5.41) is 4.04. The first-order chi connectivity index (χ1) is 8.08. The Balaban J connectivity index is 2.26. The smallest absolute Gasteiger partial charge is 0.216 e. The van der Waals surface area contributed by atoms with Crippen molar-refractivity contribution in [2.75, 3.05) is 6.54 Å². The molecule has 0 unspecified atom stereocenters. The van der Waals surface area contributed by atoms with Gasteiger partial charge >= 0.3 is 0 Å². The Morgan fingerprint density at radius 1 is 1.47 bits per heavy atom. The molecule has 2 aromatic rings. The molecular formula is C13H15BrN2O. The molecule has 0 bridgehead atoms. The maximum Gasteiger partial charge on any atom is 0.216 e. The highest BCUT2D eigenvalue weighted by Crippen LogP contribution is 2.27. The third-order valence-corrected chi connectivity index (χ3v) is 3.36. The van der Waals surface area contributed by atoms with Crippen molar-refractivity contribution in [3.05, 3.63) is 33.9 Å². The number of aryl methyl sites for hydroxylation is 1. The lowest BCUT2D eigenvalue weighted by Crippen LogP contribution is -2.22.